The van der Waals surface area contributed by atoms with Crippen LogP contribution in [-0.4, -0.2) is 30.4 Å². The molecule has 0 aliphatic carbocycles. The van der Waals surface area contributed by atoms with Gasteiger partial charge in [-0.2, -0.15) is 0 Å². The molecular weight excluding hydrogens is 213 g/mol. The first-order valence-corrected chi connectivity index (χ1v) is 5.69. The second kappa shape index (κ2) is 11.8. The van der Waals surface area contributed by atoms with Gasteiger partial charge in [0.1, 0.15) is 0 Å². The molecule has 92 valence electrons. The Kier molecular flexibility index (Phi) is 12.9. The van der Waals surface area contributed by atoms with Crippen LogP contribution in [0.15, 0.2) is 12.2 Å². The maximum atomic E-state index is 11.4. The molecule has 0 aliphatic rings. The van der Waals surface area contributed by atoms with Crippen molar-refractivity contribution in [2.45, 2.75) is 39.0 Å². The zero-order valence-corrected chi connectivity index (χ0v) is 11.1. The van der Waals surface area contributed by atoms with Gasteiger partial charge in [0.15, 0.2) is 0 Å². The Morgan fingerprint density at radius 2 is 1.94 bits per heavy atom. The van der Waals surface area contributed by atoms with Crippen LogP contribution in [0, 0.1) is 0 Å². The molecule has 4 nitrogen and oxygen atoms in total. The van der Waals surface area contributed by atoms with Gasteiger partial charge < -0.3 is 14.8 Å². The molecule has 0 aromatic heterocycles. The van der Waals surface area contributed by atoms with Crippen LogP contribution in [0.3, 0.4) is 0 Å². The number of allylic oxidation sites excluding steroid dienone is 1. The third-order valence-electron chi connectivity index (χ3n) is 2.26. The first kappa shape index (κ1) is 18.6. The van der Waals surface area contributed by atoms with E-state index in [1.54, 1.807) is 7.05 Å². The van der Waals surface area contributed by atoms with Crippen molar-refractivity contribution in [3.05, 3.63) is 12.2 Å². The molecule has 0 bridgehead atoms. The van der Waals surface area contributed by atoms with E-state index in [4.69, 9.17) is 0 Å². The van der Waals surface area contributed by atoms with E-state index in [2.05, 4.69) is 6.92 Å². The summed E-state index contributed by atoms with van der Waals surface area (Å²) in [6.07, 6.45) is 7.54. The SMILES string of the molecule is CCCCC/C=C/C(=O)N(C)CCC(=O)[O-].[Li+]. The summed E-state index contributed by atoms with van der Waals surface area (Å²) < 4.78 is 0. The number of hydrogen-bond acceptors (Lipinski definition) is 3. The quantitative estimate of drug-likeness (QED) is 0.270. The van der Waals surface area contributed by atoms with Crippen LogP contribution in [0.1, 0.15) is 39.0 Å². The summed E-state index contributed by atoms with van der Waals surface area (Å²) in [5, 5.41) is 10.2. The largest absolute Gasteiger partial charge is 1.00 e. The first-order chi connectivity index (χ1) is 7.57. The molecule has 0 aliphatic heterocycles. The summed E-state index contributed by atoms with van der Waals surface area (Å²) >= 11 is 0. The van der Waals surface area contributed by atoms with Gasteiger partial charge in [-0.15, -0.1) is 0 Å². The molecule has 0 atom stereocenters. The Labute approximate surface area is 115 Å². The Morgan fingerprint density at radius 3 is 2.47 bits per heavy atom. The fraction of sp³-hybridized carbons (Fsp3) is 0.667. The van der Waals surface area contributed by atoms with Crippen molar-refractivity contribution >= 4 is 11.9 Å². The zero-order chi connectivity index (χ0) is 12.4. The van der Waals surface area contributed by atoms with Gasteiger partial charge in [-0.25, -0.2) is 0 Å². The molecule has 5 heteroatoms. The predicted molar refractivity (Wildman–Crippen MR) is 60.5 cm³/mol. The molecule has 0 saturated carbocycles. The fourth-order valence-corrected chi connectivity index (χ4v) is 1.19. The molecule has 0 fully saturated rings. The molecule has 0 N–H and O–H groups in total. The molecule has 0 aromatic carbocycles. The molecule has 0 aromatic rings. The van der Waals surface area contributed by atoms with E-state index >= 15 is 0 Å². The summed E-state index contributed by atoms with van der Waals surface area (Å²) in [6, 6.07) is 0. The van der Waals surface area contributed by atoms with E-state index in [-0.39, 0.29) is 37.7 Å². The molecule has 0 rings (SSSR count). The van der Waals surface area contributed by atoms with Crippen LogP contribution in [0.5, 0.6) is 0 Å². The van der Waals surface area contributed by atoms with Gasteiger partial charge >= 0.3 is 18.9 Å². The van der Waals surface area contributed by atoms with E-state index in [9.17, 15) is 14.7 Å². The number of amides is 1. The standard InChI is InChI=1S/C12H21NO3.Li/c1-3-4-5-6-7-8-11(14)13(2)10-9-12(15)16;/h7-8H,3-6,9-10H2,1-2H3,(H,15,16);/q;+1/p-1/b8-7+;. The fourth-order valence-electron chi connectivity index (χ4n) is 1.19. The summed E-state index contributed by atoms with van der Waals surface area (Å²) in [6.45, 7) is 2.32. The number of carbonyl (C=O) groups excluding carboxylic acids is 2. The molecular formula is C12H20LiNO3. The van der Waals surface area contributed by atoms with Crippen LogP contribution >= 0.6 is 0 Å². The van der Waals surface area contributed by atoms with Gasteiger partial charge in [-0.3, -0.25) is 4.79 Å². The summed E-state index contributed by atoms with van der Waals surface area (Å²) in [5.74, 6) is -1.29. The molecule has 0 unspecified atom stereocenters. The van der Waals surface area contributed by atoms with E-state index in [1.807, 2.05) is 6.08 Å². The zero-order valence-electron chi connectivity index (χ0n) is 11.1. The molecule has 17 heavy (non-hydrogen) atoms. The van der Waals surface area contributed by atoms with Crippen LogP contribution < -0.4 is 24.0 Å². The first-order valence-electron chi connectivity index (χ1n) is 5.69. The number of unbranched alkanes of at least 4 members (excludes halogenated alkanes) is 3. The average molecular weight is 233 g/mol. The van der Waals surface area contributed by atoms with E-state index in [1.165, 1.54) is 17.4 Å². The summed E-state index contributed by atoms with van der Waals surface area (Å²) in [4.78, 5) is 23.0. The maximum absolute atomic E-state index is 11.4. The number of carbonyl (C=O) groups is 2. The molecule has 1 amide bonds. The monoisotopic (exact) mass is 233 g/mol. The number of aliphatic carboxylic acids is 1. The Morgan fingerprint density at radius 1 is 1.29 bits per heavy atom. The second-order valence-electron chi connectivity index (χ2n) is 3.78. The van der Waals surface area contributed by atoms with Gasteiger partial charge in [0, 0.05) is 26.0 Å². The van der Waals surface area contributed by atoms with Crippen LogP contribution in [0.2, 0.25) is 0 Å². The minimum Gasteiger partial charge on any atom is -0.550 e. The van der Waals surface area contributed by atoms with Gasteiger partial charge in [-0.05, 0) is 18.9 Å². The summed E-state index contributed by atoms with van der Waals surface area (Å²) in [7, 11) is 1.58. The summed E-state index contributed by atoms with van der Waals surface area (Å²) in [5.41, 5.74) is 0. The van der Waals surface area contributed by atoms with E-state index < -0.39 is 5.97 Å². The second-order valence-corrected chi connectivity index (χ2v) is 3.78. The topological polar surface area (TPSA) is 60.4 Å². The van der Waals surface area contributed by atoms with Crippen LogP contribution in [0.25, 0.3) is 0 Å². The van der Waals surface area contributed by atoms with Crippen molar-refractivity contribution in [1.29, 1.82) is 0 Å². The average Bonchev–Trinajstić information content (AvgIpc) is 2.25. The molecule has 0 saturated heterocycles. The molecule has 0 spiro atoms. The third-order valence-corrected chi connectivity index (χ3v) is 2.26. The molecule has 0 heterocycles. The van der Waals surface area contributed by atoms with Crippen molar-refractivity contribution < 1.29 is 33.6 Å². The normalized spacial score (nSPS) is 10.0. The molecule has 0 radical (unpaired) electrons. The Bertz CT molecular complexity index is 254. The van der Waals surface area contributed by atoms with Gasteiger partial charge in [-0.1, -0.05) is 25.8 Å². The maximum Gasteiger partial charge on any atom is 1.00 e. The number of nitrogens with zero attached hydrogens (tertiary/aromatic N) is 1. The predicted octanol–water partition coefficient (Wildman–Crippen LogP) is -2.27. The van der Waals surface area contributed by atoms with E-state index in [0.29, 0.717) is 0 Å². The van der Waals surface area contributed by atoms with Crippen LogP contribution in [0.4, 0.5) is 0 Å². The Balaban J connectivity index is 0. The van der Waals surface area contributed by atoms with Crippen molar-refractivity contribution in [1.82, 2.24) is 4.90 Å². The van der Waals surface area contributed by atoms with Crippen molar-refractivity contribution in [2.75, 3.05) is 13.6 Å². The van der Waals surface area contributed by atoms with Crippen LogP contribution in [-0.2, 0) is 9.59 Å². The van der Waals surface area contributed by atoms with Crippen molar-refractivity contribution in [3.63, 3.8) is 0 Å². The van der Waals surface area contributed by atoms with Crippen molar-refractivity contribution in [2.24, 2.45) is 0 Å². The smallest absolute Gasteiger partial charge is 0.550 e. The Hall–Kier alpha value is -0.723. The number of carboxylic acids is 1. The number of rotatable bonds is 8. The minimum absolute atomic E-state index is 0. The van der Waals surface area contributed by atoms with Gasteiger partial charge in [0.2, 0.25) is 5.91 Å². The minimum atomic E-state index is -1.13. The number of carboxylic acid groups (broad SMARTS) is 1. The third kappa shape index (κ3) is 11.5. The number of hydrogen-bond donors (Lipinski definition) is 0. The van der Waals surface area contributed by atoms with Gasteiger partial charge in [0.05, 0.1) is 0 Å². The van der Waals surface area contributed by atoms with Gasteiger partial charge in [0.25, 0.3) is 0 Å². The van der Waals surface area contributed by atoms with Crippen molar-refractivity contribution in [3.8, 4) is 0 Å². The van der Waals surface area contributed by atoms with E-state index in [0.717, 1.165) is 19.3 Å². The number of likely N-dealkylation sites (N-methyl/N-ethyl adjacent to an activating group) is 1.